The summed E-state index contributed by atoms with van der Waals surface area (Å²) >= 11 is 0. The van der Waals surface area contributed by atoms with Gasteiger partial charge in [0, 0.05) is 12.1 Å². The number of nitrogens with one attached hydrogen (secondary N) is 1. The van der Waals surface area contributed by atoms with Gasteiger partial charge in [0.2, 0.25) is 0 Å². The van der Waals surface area contributed by atoms with Gasteiger partial charge >= 0.3 is 0 Å². The van der Waals surface area contributed by atoms with Crippen molar-refractivity contribution in [3.63, 3.8) is 0 Å². The quantitative estimate of drug-likeness (QED) is 0.399. The van der Waals surface area contributed by atoms with Crippen molar-refractivity contribution in [1.82, 2.24) is 5.32 Å². The zero-order valence-electron chi connectivity index (χ0n) is 17.9. The van der Waals surface area contributed by atoms with Gasteiger partial charge in [-0.2, -0.15) is 0 Å². The van der Waals surface area contributed by atoms with Crippen LogP contribution in [0.3, 0.4) is 0 Å². The van der Waals surface area contributed by atoms with Gasteiger partial charge < -0.3 is 5.32 Å². The van der Waals surface area contributed by atoms with Crippen LogP contribution in [-0.2, 0) is 11.3 Å². The number of rotatable bonds is 9. The molecular weight excluding hydrogens is 342 g/mol. The number of carbonyl (C=O) groups is 1. The lowest BCUT2D eigenvalue weighted by Crippen LogP contribution is -2.42. The van der Waals surface area contributed by atoms with Crippen molar-refractivity contribution in [3.8, 4) is 0 Å². The van der Waals surface area contributed by atoms with Crippen molar-refractivity contribution in [2.24, 2.45) is 0 Å². The van der Waals surface area contributed by atoms with E-state index in [-0.39, 0.29) is 11.3 Å². The van der Waals surface area contributed by atoms with E-state index in [9.17, 15) is 4.79 Å². The first kappa shape index (κ1) is 21.8. The van der Waals surface area contributed by atoms with E-state index >= 15 is 0 Å². The number of fused-ring (bicyclic) bond motifs is 1. The minimum Gasteiger partial charge on any atom is -0.303 e. The zero-order valence-corrected chi connectivity index (χ0v) is 17.9. The van der Waals surface area contributed by atoms with Gasteiger partial charge in [-0.1, -0.05) is 71.8 Å². The fourth-order valence-corrected chi connectivity index (χ4v) is 3.19. The smallest absolute Gasteiger partial charge is 0.152 e. The number of benzene rings is 2. The van der Waals surface area contributed by atoms with Gasteiger partial charge in [-0.25, -0.2) is 0 Å². The van der Waals surface area contributed by atoms with Gasteiger partial charge in [-0.15, -0.1) is 0 Å². The molecule has 0 aliphatic carbocycles. The molecule has 0 aromatic heterocycles. The number of ketones is 1. The maximum Gasteiger partial charge on any atom is 0.152 e. The third-order valence-corrected chi connectivity index (χ3v) is 4.90. The first-order valence-electron chi connectivity index (χ1n) is 9.99. The van der Waals surface area contributed by atoms with Crippen molar-refractivity contribution in [3.05, 3.63) is 83.5 Å². The highest BCUT2D eigenvalue weighted by atomic mass is 16.1. The second-order valence-corrected chi connectivity index (χ2v) is 8.06. The lowest BCUT2D eigenvalue weighted by molar-refractivity contribution is -0.112. The molecule has 2 rings (SSSR count). The highest BCUT2D eigenvalue weighted by Gasteiger charge is 2.24. The first-order chi connectivity index (χ1) is 13.3. The summed E-state index contributed by atoms with van der Waals surface area (Å²) in [6.45, 7) is 10.8. The topological polar surface area (TPSA) is 29.1 Å². The van der Waals surface area contributed by atoms with Crippen LogP contribution in [0.5, 0.6) is 0 Å². The van der Waals surface area contributed by atoms with Crippen LogP contribution in [0.25, 0.3) is 10.8 Å². The van der Waals surface area contributed by atoms with Gasteiger partial charge in [0.1, 0.15) is 0 Å². The van der Waals surface area contributed by atoms with Crippen LogP contribution >= 0.6 is 0 Å². The van der Waals surface area contributed by atoms with E-state index in [0.29, 0.717) is 0 Å². The predicted molar refractivity (Wildman–Crippen MR) is 121 cm³/mol. The Morgan fingerprint density at radius 2 is 1.50 bits per heavy atom. The Morgan fingerprint density at radius 3 is 2.11 bits per heavy atom. The molecule has 0 bridgehead atoms. The van der Waals surface area contributed by atoms with Crippen molar-refractivity contribution in [1.29, 1.82) is 0 Å². The fraction of sp³-hybridized carbons (Fsp3) is 0.346. The molecule has 2 aromatic rings. The normalized spacial score (nSPS) is 11.6. The molecule has 2 nitrogen and oxygen atoms in total. The second kappa shape index (κ2) is 10.2. The Hall–Kier alpha value is -2.45. The minimum absolute atomic E-state index is 0.0748. The van der Waals surface area contributed by atoms with Crippen molar-refractivity contribution in [2.75, 3.05) is 0 Å². The summed E-state index contributed by atoms with van der Waals surface area (Å²) in [6.07, 6.45) is 9.94. The Bertz CT molecular complexity index is 868. The molecule has 2 heteroatoms. The second-order valence-electron chi connectivity index (χ2n) is 8.06. The van der Waals surface area contributed by atoms with E-state index in [4.69, 9.17) is 0 Å². The molecule has 2 aromatic carbocycles. The zero-order chi connectivity index (χ0) is 20.6. The van der Waals surface area contributed by atoms with Crippen molar-refractivity contribution < 1.29 is 4.79 Å². The average Bonchev–Trinajstić information content (AvgIpc) is 2.66. The number of hydrogen-bond acceptors (Lipinski definition) is 2. The molecule has 0 atom stereocenters. The third-order valence-electron chi connectivity index (χ3n) is 4.90. The van der Waals surface area contributed by atoms with Gasteiger partial charge in [0.25, 0.3) is 0 Å². The highest BCUT2D eigenvalue weighted by molar-refractivity contribution is 5.87. The predicted octanol–water partition coefficient (Wildman–Crippen LogP) is 6.53. The van der Waals surface area contributed by atoms with Crippen molar-refractivity contribution >= 4 is 16.6 Å². The van der Waals surface area contributed by atoms with Crippen LogP contribution in [-0.4, -0.2) is 11.3 Å². The van der Waals surface area contributed by atoms with Crippen LogP contribution in [0.4, 0.5) is 0 Å². The monoisotopic (exact) mass is 375 g/mol. The summed E-state index contributed by atoms with van der Waals surface area (Å²) in [7, 11) is 0. The summed E-state index contributed by atoms with van der Waals surface area (Å²) in [5.41, 5.74) is 3.54. The third kappa shape index (κ3) is 6.61. The van der Waals surface area contributed by atoms with Crippen LogP contribution < -0.4 is 5.32 Å². The van der Waals surface area contributed by atoms with Crippen LogP contribution in [0.1, 0.15) is 53.0 Å². The molecule has 0 heterocycles. The van der Waals surface area contributed by atoms with Gasteiger partial charge in [-0.05, 0) is 69.9 Å². The van der Waals surface area contributed by atoms with E-state index in [0.717, 1.165) is 19.4 Å². The van der Waals surface area contributed by atoms with Crippen LogP contribution in [0, 0.1) is 0 Å². The number of allylic oxidation sites excluding steroid dienone is 3. The van der Waals surface area contributed by atoms with Gasteiger partial charge in [0.15, 0.2) is 5.78 Å². The summed E-state index contributed by atoms with van der Waals surface area (Å²) in [5.74, 6) is 0.0748. The molecule has 0 saturated heterocycles. The van der Waals surface area contributed by atoms with E-state index in [1.807, 2.05) is 0 Å². The van der Waals surface area contributed by atoms with E-state index in [2.05, 4.69) is 93.7 Å². The first-order valence-corrected chi connectivity index (χ1v) is 9.99. The SMILES string of the molecule is CC(=O)/C=C/C(CC=C(C)C)(CC=C(C)C)NCc1cccc2ccccc12. The van der Waals surface area contributed by atoms with E-state index < -0.39 is 0 Å². The molecule has 0 saturated carbocycles. The molecule has 0 unspecified atom stereocenters. The standard InChI is InChI=1S/C26H33NO/c1-20(2)13-16-26(17-14-21(3)4,18-15-22(5)28)27-19-24-11-8-10-23-9-6-7-12-25(23)24/h6-15,18,27H,16-17,19H2,1-5H3/b18-15+. The largest absolute Gasteiger partial charge is 0.303 e. The average molecular weight is 376 g/mol. The van der Waals surface area contributed by atoms with Gasteiger partial charge in [0.05, 0.1) is 0 Å². The number of carbonyl (C=O) groups excluding carboxylic acids is 1. The maximum atomic E-state index is 11.7. The summed E-state index contributed by atoms with van der Waals surface area (Å²) in [6, 6.07) is 14.9. The molecule has 28 heavy (non-hydrogen) atoms. The fourth-order valence-electron chi connectivity index (χ4n) is 3.19. The Labute approximate surface area is 170 Å². The highest BCUT2D eigenvalue weighted by Crippen LogP contribution is 2.24. The van der Waals surface area contributed by atoms with E-state index in [1.54, 1.807) is 13.0 Å². The van der Waals surface area contributed by atoms with Crippen molar-refractivity contribution in [2.45, 2.75) is 59.5 Å². The molecule has 0 aliphatic rings. The maximum absolute atomic E-state index is 11.7. The molecule has 0 radical (unpaired) electrons. The Balaban J connectivity index is 2.38. The molecule has 0 fully saturated rings. The molecule has 0 aliphatic heterocycles. The van der Waals surface area contributed by atoms with Crippen LogP contribution in [0.2, 0.25) is 0 Å². The molecule has 1 N–H and O–H groups in total. The molecule has 0 amide bonds. The minimum atomic E-state index is -0.294. The summed E-state index contributed by atoms with van der Waals surface area (Å²) in [5, 5.41) is 6.30. The molecule has 148 valence electrons. The molecular formula is C26H33NO. The van der Waals surface area contributed by atoms with Gasteiger partial charge in [-0.3, -0.25) is 4.79 Å². The van der Waals surface area contributed by atoms with Crippen LogP contribution in [0.15, 0.2) is 77.9 Å². The van der Waals surface area contributed by atoms with E-state index in [1.165, 1.54) is 27.5 Å². The molecule has 0 spiro atoms. The lowest BCUT2D eigenvalue weighted by atomic mass is 9.88. The Morgan fingerprint density at radius 1 is 0.893 bits per heavy atom. The Kier molecular flexibility index (Phi) is 7.95. The summed E-state index contributed by atoms with van der Waals surface area (Å²) < 4.78 is 0. The summed E-state index contributed by atoms with van der Waals surface area (Å²) in [4.78, 5) is 11.7. The lowest BCUT2D eigenvalue weighted by Gasteiger charge is -2.31. The number of hydrogen-bond donors (Lipinski definition) is 1.